The van der Waals surface area contributed by atoms with Crippen LogP contribution in [0.3, 0.4) is 0 Å². The van der Waals surface area contributed by atoms with Gasteiger partial charge in [-0.1, -0.05) is 25.8 Å². The predicted octanol–water partition coefficient (Wildman–Crippen LogP) is 1.26. The van der Waals surface area contributed by atoms with Gasteiger partial charge in [-0.25, -0.2) is 0 Å². The molecule has 0 fully saturated rings. The smallest absolute Gasteiger partial charge is 0.323 e. The molecule has 0 amide bonds. The number of carbonyl (C=O) groups is 1. The third-order valence-electron chi connectivity index (χ3n) is 3.26. The summed E-state index contributed by atoms with van der Waals surface area (Å²) in [6.07, 6.45) is 6.58. The van der Waals surface area contributed by atoms with E-state index in [2.05, 4.69) is 23.4 Å². The highest BCUT2D eigenvalue weighted by atomic mass is 16.5. The zero-order chi connectivity index (χ0) is 16.1. The highest BCUT2D eigenvalue weighted by molar-refractivity contribution is 5.76. The molecule has 0 saturated heterocycles. The van der Waals surface area contributed by atoms with Crippen LogP contribution in [0.4, 0.5) is 0 Å². The topological polar surface area (TPSA) is 93.9 Å². The summed E-state index contributed by atoms with van der Waals surface area (Å²) in [5.74, 6) is -0.131. The summed E-state index contributed by atoms with van der Waals surface area (Å²) in [7, 11) is 1.42. The number of hydrogen-bond acceptors (Lipinski definition) is 4. The number of unbranched alkanes of at least 4 members (excludes halogenated alkanes) is 2. The van der Waals surface area contributed by atoms with Gasteiger partial charge >= 0.3 is 5.97 Å². The lowest BCUT2D eigenvalue weighted by atomic mass is 10.1. The summed E-state index contributed by atoms with van der Waals surface area (Å²) < 4.78 is 4.92. The van der Waals surface area contributed by atoms with Gasteiger partial charge in [0.25, 0.3) is 0 Å². The van der Waals surface area contributed by atoms with Gasteiger partial charge in [-0.2, -0.15) is 0 Å². The van der Waals surface area contributed by atoms with Gasteiger partial charge < -0.3 is 16.2 Å². The van der Waals surface area contributed by atoms with Crippen LogP contribution in [0.5, 0.6) is 0 Å². The number of hydrogen-bond donors (Lipinski definition) is 2. The van der Waals surface area contributed by atoms with E-state index in [4.69, 9.17) is 16.2 Å². The Hall–Kier alpha value is -1.56. The number of carbonyl (C=O) groups excluding carboxylic acids is 1. The molecule has 0 radical (unpaired) electrons. The van der Waals surface area contributed by atoms with Crippen molar-refractivity contribution in [3.63, 3.8) is 0 Å². The van der Waals surface area contributed by atoms with Gasteiger partial charge in [0.15, 0.2) is 5.96 Å². The number of nitrogens with two attached hydrogens (primary N) is 2. The molecule has 122 valence electrons. The van der Waals surface area contributed by atoms with Gasteiger partial charge in [0.1, 0.15) is 6.04 Å². The normalized spacial score (nSPS) is 12.0. The molecule has 0 aliphatic heterocycles. The number of aliphatic imine (C=N–C) groups is 1. The maximum absolute atomic E-state index is 12.0. The molecule has 4 N–H and O–H groups in total. The minimum absolute atomic E-state index is 0.0792. The fourth-order valence-electron chi connectivity index (χ4n) is 2.18. The summed E-state index contributed by atoms with van der Waals surface area (Å²) in [6.45, 7) is 7.98. The third kappa shape index (κ3) is 9.07. The van der Waals surface area contributed by atoms with Crippen LogP contribution in [-0.4, -0.2) is 49.6 Å². The minimum atomic E-state index is -0.265. The van der Waals surface area contributed by atoms with Crippen LogP contribution in [0.2, 0.25) is 0 Å². The second-order valence-electron chi connectivity index (χ2n) is 4.98. The molecule has 1 atom stereocenters. The first-order valence-corrected chi connectivity index (χ1v) is 7.54. The minimum Gasteiger partial charge on any atom is -0.468 e. The Bertz CT molecular complexity index is 328. The molecule has 0 saturated carbocycles. The van der Waals surface area contributed by atoms with E-state index in [1.807, 2.05) is 6.08 Å². The van der Waals surface area contributed by atoms with E-state index in [0.717, 1.165) is 32.2 Å². The first-order chi connectivity index (χ1) is 10.1. The van der Waals surface area contributed by atoms with Gasteiger partial charge in [0, 0.05) is 13.1 Å². The van der Waals surface area contributed by atoms with Crippen molar-refractivity contribution in [3.8, 4) is 0 Å². The molecule has 0 aliphatic carbocycles. The van der Waals surface area contributed by atoms with Crippen LogP contribution < -0.4 is 11.5 Å². The second kappa shape index (κ2) is 12.2. The summed E-state index contributed by atoms with van der Waals surface area (Å²) >= 11 is 0. The van der Waals surface area contributed by atoms with Crippen LogP contribution in [0.15, 0.2) is 17.6 Å². The number of esters is 1. The molecule has 0 rings (SSSR count). The largest absolute Gasteiger partial charge is 0.468 e. The Kier molecular flexibility index (Phi) is 11.3. The number of methoxy groups -OCH3 is 1. The maximum Gasteiger partial charge on any atom is 0.323 e. The van der Waals surface area contributed by atoms with Gasteiger partial charge in [0.05, 0.1) is 7.11 Å². The summed E-state index contributed by atoms with van der Waals surface area (Å²) in [5.41, 5.74) is 10.6. The molecular formula is C15H30N4O2. The Morgan fingerprint density at radius 1 is 1.38 bits per heavy atom. The maximum atomic E-state index is 12.0. The highest BCUT2D eigenvalue weighted by Crippen LogP contribution is 2.12. The molecule has 0 heterocycles. The highest BCUT2D eigenvalue weighted by Gasteiger charge is 2.25. The average molecular weight is 298 g/mol. The first kappa shape index (κ1) is 19.4. The van der Waals surface area contributed by atoms with E-state index in [1.54, 1.807) is 0 Å². The summed E-state index contributed by atoms with van der Waals surface area (Å²) in [6, 6.07) is -0.265. The molecule has 0 aliphatic rings. The van der Waals surface area contributed by atoms with Crippen molar-refractivity contribution in [3.05, 3.63) is 12.7 Å². The SMILES string of the molecule is C=CCN(CCCCC)C(CCCN=C(N)N)C(=O)OC. The predicted molar refractivity (Wildman–Crippen MR) is 87.0 cm³/mol. The lowest BCUT2D eigenvalue weighted by Gasteiger charge is -2.28. The van der Waals surface area contributed by atoms with Crippen molar-refractivity contribution >= 4 is 11.9 Å². The van der Waals surface area contributed by atoms with Crippen LogP contribution in [0.25, 0.3) is 0 Å². The third-order valence-corrected chi connectivity index (χ3v) is 3.26. The number of rotatable bonds is 12. The molecule has 21 heavy (non-hydrogen) atoms. The monoisotopic (exact) mass is 298 g/mol. The number of guanidine groups is 1. The Balaban J connectivity index is 4.59. The van der Waals surface area contributed by atoms with Crippen molar-refractivity contribution in [1.29, 1.82) is 0 Å². The molecular weight excluding hydrogens is 268 g/mol. The van der Waals surface area contributed by atoms with E-state index >= 15 is 0 Å². The molecule has 0 aromatic carbocycles. The van der Waals surface area contributed by atoms with Crippen LogP contribution in [0, 0.1) is 0 Å². The first-order valence-electron chi connectivity index (χ1n) is 7.54. The van der Waals surface area contributed by atoms with Crippen molar-refractivity contribution in [2.45, 2.75) is 45.1 Å². The van der Waals surface area contributed by atoms with Crippen molar-refractivity contribution < 1.29 is 9.53 Å². The second-order valence-corrected chi connectivity index (χ2v) is 4.98. The molecule has 0 aromatic heterocycles. The van der Waals surface area contributed by atoms with Gasteiger partial charge in [-0.15, -0.1) is 6.58 Å². The molecule has 0 aromatic rings. The number of nitrogens with zero attached hydrogens (tertiary/aromatic N) is 2. The zero-order valence-corrected chi connectivity index (χ0v) is 13.4. The summed E-state index contributed by atoms with van der Waals surface area (Å²) in [4.78, 5) is 18.1. The van der Waals surface area contributed by atoms with E-state index in [1.165, 1.54) is 7.11 Å². The van der Waals surface area contributed by atoms with E-state index in [9.17, 15) is 4.79 Å². The fraction of sp³-hybridized carbons (Fsp3) is 0.733. The Labute approximate surface area is 128 Å². The average Bonchev–Trinajstić information content (AvgIpc) is 2.46. The quantitative estimate of drug-likeness (QED) is 0.186. The standard InChI is InChI=1S/C15H30N4O2/c1-4-6-7-12-19(11-5-2)13(14(20)21-3)9-8-10-18-15(16)17/h5,13H,2,4,6-12H2,1,3H3,(H4,16,17,18). The van der Waals surface area contributed by atoms with Crippen LogP contribution in [-0.2, 0) is 9.53 Å². The molecule has 1 unspecified atom stereocenters. The molecule has 6 nitrogen and oxygen atoms in total. The Morgan fingerprint density at radius 2 is 2.10 bits per heavy atom. The molecule has 0 bridgehead atoms. The lowest BCUT2D eigenvalue weighted by Crippen LogP contribution is -2.42. The van der Waals surface area contributed by atoms with E-state index in [-0.39, 0.29) is 18.0 Å². The number of ether oxygens (including phenoxy) is 1. The lowest BCUT2D eigenvalue weighted by molar-refractivity contribution is -0.147. The molecule has 0 spiro atoms. The van der Waals surface area contributed by atoms with Crippen molar-refractivity contribution in [1.82, 2.24) is 4.90 Å². The van der Waals surface area contributed by atoms with E-state index < -0.39 is 0 Å². The van der Waals surface area contributed by atoms with Gasteiger partial charge in [0.2, 0.25) is 0 Å². The van der Waals surface area contributed by atoms with Crippen molar-refractivity contribution in [2.24, 2.45) is 16.5 Å². The van der Waals surface area contributed by atoms with Crippen molar-refractivity contribution in [2.75, 3.05) is 26.7 Å². The van der Waals surface area contributed by atoms with Crippen LogP contribution in [0.1, 0.15) is 39.0 Å². The molecule has 6 heteroatoms. The zero-order valence-electron chi connectivity index (χ0n) is 13.4. The van der Waals surface area contributed by atoms with Crippen LogP contribution >= 0.6 is 0 Å². The summed E-state index contributed by atoms with van der Waals surface area (Å²) in [5, 5.41) is 0. The van der Waals surface area contributed by atoms with Gasteiger partial charge in [-0.05, 0) is 25.8 Å². The van der Waals surface area contributed by atoms with E-state index in [0.29, 0.717) is 19.5 Å². The fourth-order valence-corrected chi connectivity index (χ4v) is 2.18. The van der Waals surface area contributed by atoms with Gasteiger partial charge in [-0.3, -0.25) is 14.7 Å². The Morgan fingerprint density at radius 3 is 2.62 bits per heavy atom.